The zero-order valence-corrected chi connectivity index (χ0v) is 14.2. The number of hydrogen-bond acceptors (Lipinski definition) is 3. The number of rotatable bonds is 3. The van der Waals surface area contributed by atoms with Crippen molar-refractivity contribution in [2.45, 2.75) is 35.8 Å². The van der Waals surface area contributed by atoms with Crippen molar-refractivity contribution in [3.63, 3.8) is 0 Å². The Bertz CT molecular complexity index is 572. The Kier molecular flexibility index (Phi) is 5.05. The number of hydrogen-bond donors (Lipinski definition) is 0. The van der Waals surface area contributed by atoms with Gasteiger partial charge in [0.05, 0.1) is 4.90 Å². The third-order valence-corrected chi connectivity index (χ3v) is 7.19. The molecule has 1 aliphatic heterocycles. The molecule has 20 heavy (non-hydrogen) atoms. The molecule has 0 N–H and O–H groups in total. The van der Waals surface area contributed by atoms with Crippen LogP contribution in [0.4, 0.5) is 0 Å². The SMILES string of the molecule is CC1(C)CCN(S(=O)(=O)c2ccccc2CCl)CCS1. The van der Waals surface area contributed by atoms with Crippen LogP contribution in [-0.4, -0.2) is 36.3 Å². The summed E-state index contributed by atoms with van der Waals surface area (Å²) < 4.78 is 27.3. The largest absolute Gasteiger partial charge is 0.243 e. The lowest BCUT2D eigenvalue weighted by Gasteiger charge is -2.23. The molecule has 1 fully saturated rings. The van der Waals surface area contributed by atoms with Gasteiger partial charge in [0.15, 0.2) is 0 Å². The molecular weight excluding hydrogens is 314 g/mol. The number of nitrogens with zero attached hydrogens (tertiary/aromatic N) is 1. The molecule has 0 amide bonds. The van der Waals surface area contributed by atoms with Crippen molar-refractivity contribution in [1.29, 1.82) is 0 Å². The van der Waals surface area contributed by atoms with E-state index in [2.05, 4.69) is 13.8 Å². The van der Waals surface area contributed by atoms with Crippen molar-refractivity contribution in [2.75, 3.05) is 18.8 Å². The molecule has 112 valence electrons. The Balaban J connectivity index is 2.30. The first-order chi connectivity index (χ1) is 9.37. The first kappa shape index (κ1) is 16.1. The van der Waals surface area contributed by atoms with E-state index in [1.54, 1.807) is 22.5 Å². The molecule has 0 saturated carbocycles. The second-order valence-electron chi connectivity index (χ2n) is 5.50. The average molecular weight is 334 g/mol. The van der Waals surface area contributed by atoms with Crippen LogP contribution in [0.25, 0.3) is 0 Å². The van der Waals surface area contributed by atoms with Gasteiger partial charge < -0.3 is 0 Å². The first-order valence-electron chi connectivity index (χ1n) is 6.65. The highest BCUT2D eigenvalue weighted by atomic mass is 35.5. The summed E-state index contributed by atoms with van der Waals surface area (Å²) in [6, 6.07) is 6.99. The molecule has 0 unspecified atom stereocenters. The van der Waals surface area contributed by atoms with Crippen molar-refractivity contribution in [3.8, 4) is 0 Å². The number of thioether (sulfide) groups is 1. The molecule has 3 nitrogen and oxygen atoms in total. The summed E-state index contributed by atoms with van der Waals surface area (Å²) in [6.07, 6.45) is 0.861. The number of sulfonamides is 1. The van der Waals surface area contributed by atoms with Gasteiger partial charge in [0.1, 0.15) is 0 Å². The predicted molar refractivity (Wildman–Crippen MR) is 85.9 cm³/mol. The molecule has 1 aliphatic rings. The molecule has 2 rings (SSSR count). The minimum Gasteiger partial charge on any atom is -0.207 e. The second kappa shape index (κ2) is 6.26. The Morgan fingerprint density at radius 1 is 1.30 bits per heavy atom. The molecule has 1 aromatic rings. The van der Waals surface area contributed by atoms with Gasteiger partial charge in [-0.2, -0.15) is 16.1 Å². The molecule has 0 spiro atoms. The first-order valence-corrected chi connectivity index (χ1v) is 9.61. The van der Waals surface area contributed by atoms with Gasteiger partial charge in [0.2, 0.25) is 10.0 Å². The van der Waals surface area contributed by atoms with Gasteiger partial charge in [-0.3, -0.25) is 0 Å². The average Bonchev–Trinajstić information content (AvgIpc) is 2.60. The van der Waals surface area contributed by atoms with Crippen LogP contribution in [0.2, 0.25) is 0 Å². The maximum absolute atomic E-state index is 12.8. The highest BCUT2D eigenvalue weighted by Crippen LogP contribution is 2.33. The van der Waals surface area contributed by atoms with Gasteiger partial charge in [-0.25, -0.2) is 8.42 Å². The second-order valence-corrected chi connectivity index (χ2v) is 9.48. The highest BCUT2D eigenvalue weighted by Gasteiger charge is 2.31. The van der Waals surface area contributed by atoms with Crippen LogP contribution in [0, 0.1) is 0 Å². The highest BCUT2D eigenvalue weighted by molar-refractivity contribution is 8.00. The smallest absolute Gasteiger partial charge is 0.207 e. The standard InChI is InChI=1S/C14H20ClNO2S2/c1-14(2)7-8-16(9-10-19-14)20(17,18)13-6-4-3-5-12(13)11-15/h3-6H,7-11H2,1-2H3. The Morgan fingerprint density at radius 2 is 2.00 bits per heavy atom. The zero-order chi connectivity index (χ0) is 14.8. The quantitative estimate of drug-likeness (QED) is 0.796. The van der Waals surface area contributed by atoms with Crippen molar-refractivity contribution < 1.29 is 8.42 Å². The van der Waals surface area contributed by atoms with Gasteiger partial charge in [-0.05, 0) is 18.1 Å². The molecular formula is C14H20ClNO2S2. The molecule has 1 heterocycles. The van der Waals surface area contributed by atoms with E-state index in [9.17, 15) is 8.42 Å². The predicted octanol–water partition coefficient (Wildman–Crippen LogP) is 3.33. The molecule has 0 radical (unpaired) electrons. The van der Waals surface area contributed by atoms with Gasteiger partial charge in [-0.15, -0.1) is 11.6 Å². The van der Waals surface area contributed by atoms with Crippen LogP contribution >= 0.6 is 23.4 Å². The van der Waals surface area contributed by atoms with E-state index in [1.807, 2.05) is 17.8 Å². The Morgan fingerprint density at radius 3 is 2.70 bits per heavy atom. The number of alkyl halides is 1. The molecule has 0 aromatic heterocycles. The summed E-state index contributed by atoms with van der Waals surface area (Å²) in [7, 11) is -3.44. The van der Waals surface area contributed by atoms with Crippen LogP contribution in [0.15, 0.2) is 29.2 Å². The minimum absolute atomic E-state index is 0.135. The van der Waals surface area contributed by atoms with Gasteiger partial charge >= 0.3 is 0 Å². The van der Waals surface area contributed by atoms with Crippen LogP contribution in [0.1, 0.15) is 25.8 Å². The summed E-state index contributed by atoms with van der Waals surface area (Å²) in [6.45, 7) is 5.47. The summed E-state index contributed by atoms with van der Waals surface area (Å²) >= 11 is 7.70. The summed E-state index contributed by atoms with van der Waals surface area (Å²) in [5.74, 6) is 1.04. The third kappa shape index (κ3) is 3.50. The van der Waals surface area contributed by atoms with E-state index in [0.29, 0.717) is 23.5 Å². The molecule has 6 heteroatoms. The monoisotopic (exact) mass is 333 g/mol. The maximum Gasteiger partial charge on any atom is 0.243 e. The van der Waals surface area contributed by atoms with E-state index in [-0.39, 0.29) is 10.6 Å². The third-order valence-electron chi connectivity index (χ3n) is 3.53. The summed E-state index contributed by atoms with van der Waals surface area (Å²) in [5, 5.41) is 0. The zero-order valence-electron chi connectivity index (χ0n) is 11.8. The lowest BCUT2D eigenvalue weighted by Crippen LogP contribution is -2.34. The lowest BCUT2D eigenvalue weighted by atomic mass is 10.1. The van der Waals surface area contributed by atoms with Crippen molar-refractivity contribution >= 4 is 33.4 Å². The number of halogens is 1. The van der Waals surface area contributed by atoms with Crippen LogP contribution in [0.5, 0.6) is 0 Å². The van der Waals surface area contributed by atoms with Crippen LogP contribution in [0.3, 0.4) is 0 Å². The fourth-order valence-electron chi connectivity index (χ4n) is 2.25. The van der Waals surface area contributed by atoms with E-state index >= 15 is 0 Å². The van der Waals surface area contributed by atoms with E-state index in [4.69, 9.17) is 11.6 Å². The normalized spacial score (nSPS) is 20.6. The minimum atomic E-state index is -3.44. The van der Waals surface area contributed by atoms with E-state index in [0.717, 1.165) is 12.2 Å². The molecule has 0 atom stereocenters. The van der Waals surface area contributed by atoms with Crippen LogP contribution in [-0.2, 0) is 15.9 Å². The van der Waals surface area contributed by atoms with E-state index < -0.39 is 10.0 Å². The molecule has 0 aliphatic carbocycles. The Hall–Kier alpha value is -0.230. The lowest BCUT2D eigenvalue weighted by molar-refractivity contribution is 0.415. The van der Waals surface area contributed by atoms with Gasteiger partial charge in [-0.1, -0.05) is 32.0 Å². The molecule has 1 aromatic carbocycles. The van der Waals surface area contributed by atoms with Crippen molar-refractivity contribution in [2.24, 2.45) is 0 Å². The molecule has 0 bridgehead atoms. The number of benzene rings is 1. The fraction of sp³-hybridized carbons (Fsp3) is 0.571. The topological polar surface area (TPSA) is 37.4 Å². The van der Waals surface area contributed by atoms with E-state index in [1.165, 1.54) is 0 Å². The van der Waals surface area contributed by atoms with Gasteiger partial charge in [0, 0.05) is 29.5 Å². The van der Waals surface area contributed by atoms with Crippen LogP contribution < -0.4 is 0 Å². The van der Waals surface area contributed by atoms with Gasteiger partial charge in [0.25, 0.3) is 0 Å². The molecule has 1 saturated heterocycles. The maximum atomic E-state index is 12.8. The summed E-state index contributed by atoms with van der Waals surface area (Å²) in [5.41, 5.74) is 0.672. The van der Waals surface area contributed by atoms with Crippen molar-refractivity contribution in [3.05, 3.63) is 29.8 Å². The summed E-state index contributed by atoms with van der Waals surface area (Å²) in [4.78, 5) is 0.347. The fourth-order valence-corrected chi connectivity index (χ4v) is 5.44. The van der Waals surface area contributed by atoms with Crippen molar-refractivity contribution in [1.82, 2.24) is 4.31 Å². The Labute approximate surface area is 130 Å².